The van der Waals surface area contributed by atoms with Gasteiger partial charge in [0.2, 0.25) is 0 Å². The van der Waals surface area contributed by atoms with Crippen molar-refractivity contribution in [1.82, 2.24) is 5.32 Å². The molecule has 0 bridgehead atoms. The van der Waals surface area contributed by atoms with E-state index in [1.807, 2.05) is 12.1 Å². The molecule has 18 heavy (non-hydrogen) atoms. The van der Waals surface area contributed by atoms with Crippen LogP contribution in [0, 0.1) is 0 Å². The molecule has 2 nitrogen and oxygen atoms in total. The van der Waals surface area contributed by atoms with Gasteiger partial charge < -0.3 is 10.4 Å². The van der Waals surface area contributed by atoms with E-state index in [1.165, 1.54) is 0 Å². The fraction of sp³-hybridized carbons (Fsp3) is 0.571. The van der Waals surface area contributed by atoms with Crippen LogP contribution in [-0.4, -0.2) is 23.8 Å². The van der Waals surface area contributed by atoms with Crippen LogP contribution in [0.15, 0.2) is 18.2 Å². The van der Waals surface area contributed by atoms with E-state index in [1.54, 1.807) is 6.07 Å². The van der Waals surface area contributed by atoms with Gasteiger partial charge in [-0.1, -0.05) is 42.1 Å². The lowest BCUT2D eigenvalue weighted by molar-refractivity contribution is 0.0481. The third-order valence-electron chi connectivity index (χ3n) is 3.57. The number of nitrogens with one attached hydrogen (secondary N) is 1. The van der Waals surface area contributed by atoms with Crippen molar-refractivity contribution in [3.63, 3.8) is 0 Å². The van der Waals surface area contributed by atoms with Crippen molar-refractivity contribution in [3.05, 3.63) is 33.8 Å². The van der Waals surface area contributed by atoms with E-state index in [9.17, 15) is 5.11 Å². The fourth-order valence-electron chi connectivity index (χ4n) is 2.48. The summed E-state index contributed by atoms with van der Waals surface area (Å²) >= 11 is 12.0. The molecule has 0 saturated heterocycles. The van der Waals surface area contributed by atoms with Gasteiger partial charge in [0.25, 0.3) is 0 Å². The molecule has 1 fully saturated rings. The van der Waals surface area contributed by atoms with Crippen LogP contribution in [0.25, 0.3) is 0 Å². The van der Waals surface area contributed by atoms with Gasteiger partial charge >= 0.3 is 0 Å². The number of hydrogen-bond acceptors (Lipinski definition) is 2. The Morgan fingerprint density at radius 2 is 1.94 bits per heavy atom. The average molecular weight is 288 g/mol. The van der Waals surface area contributed by atoms with Gasteiger partial charge in [-0.3, -0.25) is 0 Å². The van der Waals surface area contributed by atoms with Crippen molar-refractivity contribution in [2.45, 2.75) is 37.7 Å². The first kappa shape index (κ1) is 14.1. The Kier molecular flexibility index (Phi) is 4.91. The molecule has 1 aliphatic rings. The Bertz CT molecular complexity index is 403. The quantitative estimate of drug-likeness (QED) is 0.814. The summed E-state index contributed by atoms with van der Waals surface area (Å²) in [4.78, 5) is 0. The average Bonchev–Trinajstić information content (AvgIpc) is 2.74. The topological polar surface area (TPSA) is 32.3 Å². The maximum atomic E-state index is 10.2. The van der Waals surface area contributed by atoms with Gasteiger partial charge in [-0.05, 0) is 43.5 Å². The molecular formula is C14H19Cl2NO. The molecule has 0 amide bonds. The number of aliphatic hydroxyl groups is 1. The Morgan fingerprint density at radius 1 is 1.22 bits per heavy atom. The highest BCUT2D eigenvalue weighted by molar-refractivity contribution is 6.35. The van der Waals surface area contributed by atoms with E-state index in [0.29, 0.717) is 16.6 Å². The summed E-state index contributed by atoms with van der Waals surface area (Å²) in [6.07, 6.45) is 4.97. The van der Waals surface area contributed by atoms with Gasteiger partial charge in [-0.25, -0.2) is 0 Å². The summed E-state index contributed by atoms with van der Waals surface area (Å²) in [6, 6.07) is 5.58. The largest absolute Gasteiger partial charge is 0.389 e. The number of benzene rings is 1. The highest BCUT2D eigenvalue weighted by Gasteiger charge is 2.30. The predicted octanol–water partition coefficient (Wildman–Crippen LogP) is 3.43. The molecule has 0 atom stereocenters. The fourth-order valence-corrected chi connectivity index (χ4v) is 2.98. The zero-order valence-corrected chi connectivity index (χ0v) is 11.9. The first-order valence-corrected chi connectivity index (χ1v) is 7.22. The lowest BCUT2D eigenvalue weighted by Crippen LogP contribution is -2.38. The third kappa shape index (κ3) is 3.86. The van der Waals surface area contributed by atoms with Crippen LogP contribution in [0.5, 0.6) is 0 Å². The summed E-state index contributed by atoms with van der Waals surface area (Å²) in [5.41, 5.74) is 0.607. The second-order valence-electron chi connectivity index (χ2n) is 5.09. The standard InChI is InChI=1S/C14H19Cl2NO/c15-12-4-3-11(13(16)9-12)5-8-17-10-14(18)6-1-2-7-14/h3-4,9,17-18H,1-2,5-8,10H2. The summed E-state index contributed by atoms with van der Waals surface area (Å²) < 4.78 is 0. The highest BCUT2D eigenvalue weighted by atomic mass is 35.5. The number of halogens is 2. The molecule has 1 aliphatic carbocycles. The van der Waals surface area contributed by atoms with Gasteiger partial charge in [-0.15, -0.1) is 0 Å². The molecule has 0 unspecified atom stereocenters. The zero-order chi connectivity index (χ0) is 13.0. The Labute approximate surface area is 118 Å². The van der Waals surface area contributed by atoms with Crippen molar-refractivity contribution in [2.24, 2.45) is 0 Å². The summed E-state index contributed by atoms with van der Waals surface area (Å²) in [6.45, 7) is 1.50. The molecule has 1 saturated carbocycles. The van der Waals surface area contributed by atoms with Gasteiger partial charge in [-0.2, -0.15) is 0 Å². The number of rotatable bonds is 5. The van der Waals surface area contributed by atoms with E-state index < -0.39 is 5.60 Å². The van der Waals surface area contributed by atoms with E-state index in [2.05, 4.69) is 5.32 Å². The SMILES string of the molecule is OC1(CNCCc2ccc(Cl)cc2Cl)CCCC1. The van der Waals surface area contributed by atoms with Crippen LogP contribution in [0.3, 0.4) is 0 Å². The minimum Gasteiger partial charge on any atom is -0.389 e. The van der Waals surface area contributed by atoms with Crippen molar-refractivity contribution >= 4 is 23.2 Å². The smallest absolute Gasteiger partial charge is 0.0771 e. The lowest BCUT2D eigenvalue weighted by Gasteiger charge is -2.22. The Hall–Kier alpha value is -0.280. The lowest BCUT2D eigenvalue weighted by atomic mass is 10.0. The molecule has 0 radical (unpaired) electrons. The van der Waals surface area contributed by atoms with Gasteiger partial charge in [0, 0.05) is 16.6 Å². The van der Waals surface area contributed by atoms with Gasteiger partial charge in [0.15, 0.2) is 0 Å². The normalized spacial score (nSPS) is 18.2. The maximum absolute atomic E-state index is 10.2. The molecule has 0 aromatic heterocycles. The summed E-state index contributed by atoms with van der Waals surface area (Å²) in [5, 5.41) is 14.9. The first-order chi connectivity index (χ1) is 8.59. The molecule has 2 rings (SSSR count). The summed E-state index contributed by atoms with van der Waals surface area (Å²) in [5.74, 6) is 0. The highest BCUT2D eigenvalue weighted by Crippen LogP contribution is 2.28. The molecule has 4 heteroatoms. The number of hydrogen-bond donors (Lipinski definition) is 2. The second-order valence-corrected chi connectivity index (χ2v) is 5.94. The molecule has 0 spiro atoms. The second kappa shape index (κ2) is 6.25. The van der Waals surface area contributed by atoms with Crippen molar-refractivity contribution in [3.8, 4) is 0 Å². The monoisotopic (exact) mass is 287 g/mol. The van der Waals surface area contributed by atoms with Crippen LogP contribution >= 0.6 is 23.2 Å². The molecule has 0 heterocycles. The van der Waals surface area contributed by atoms with Crippen LogP contribution in [0.4, 0.5) is 0 Å². The molecule has 100 valence electrons. The van der Waals surface area contributed by atoms with E-state index in [-0.39, 0.29) is 0 Å². The predicted molar refractivity (Wildman–Crippen MR) is 76.5 cm³/mol. The van der Waals surface area contributed by atoms with Crippen LogP contribution < -0.4 is 5.32 Å². The van der Waals surface area contributed by atoms with Crippen molar-refractivity contribution in [2.75, 3.05) is 13.1 Å². The van der Waals surface area contributed by atoms with Gasteiger partial charge in [0.1, 0.15) is 0 Å². The van der Waals surface area contributed by atoms with Crippen LogP contribution in [0.2, 0.25) is 10.0 Å². The first-order valence-electron chi connectivity index (χ1n) is 6.46. The Morgan fingerprint density at radius 3 is 2.61 bits per heavy atom. The minimum absolute atomic E-state index is 0.482. The van der Waals surface area contributed by atoms with Gasteiger partial charge in [0.05, 0.1) is 5.60 Å². The summed E-state index contributed by atoms with van der Waals surface area (Å²) in [7, 11) is 0. The van der Waals surface area contributed by atoms with E-state index >= 15 is 0 Å². The molecular weight excluding hydrogens is 269 g/mol. The minimum atomic E-state index is -0.482. The Balaban J connectivity index is 1.75. The zero-order valence-electron chi connectivity index (χ0n) is 10.4. The van der Waals surface area contributed by atoms with Crippen molar-refractivity contribution in [1.29, 1.82) is 0 Å². The van der Waals surface area contributed by atoms with E-state index in [0.717, 1.165) is 44.2 Å². The third-order valence-corrected chi connectivity index (χ3v) is 4.16. The molecule has 1 aromatic carbocycles. The molecule has 2 N–H and O–H groups in total. The molecule has 0 aliphatic heterocycles. The van der Waals surface area contributed by atoms with Crippen molar-refractivity contribution < 1.29 is 5.11 Å². The van der Waals surface area contributed by atoms with Crippen LogP contribution in [0.1, 0.15) is 31.2 Å². The molecule has 1 aromatic rings. The van der Waals surface area contributed by atoms with E-state index in [4.69, 9.17) is 23.2 Å². The maximum Gasteiger partial charge on any atom is 0.0771 e. The van der Waals surface area contributed by atoms with Crippen LogP contribution in [-0.2, 0) is 6.42 Å².